The molecule has 1 unspecified atom stereocenters. The van der Waals surface area contributed by atoms with Crippen LogP contribution in [0.25, 0.3) is 0 Å². The molecule has 8 heteroatoms. The van der Waals surface area contributed by atoms with E-state index in [1.807, 2.05) is 31.4 Å². The van der Waals surface area contributed by atoms with Gasteiger partial charge in [-0.2, -0.15) is 0 Å². The molecule has 2 amide bonds. The van der Waals surface area contributed by atoms with Crippen LogP contribution in [0, 0.1) is 6.92 Å². The fourth-order valence-electron chi connectivity index (χ4n) is 2.94. The lowest BCUT2D eigenvalue weighted by molar-refractivity contribution is 0.186. The molecule has 2 N–H and O–H groups in total. The van der Waals surface area contributed by atoms with Gasteiger partial charge in [0.05, 0.1) is 11.6 Å². The maximum Gasteiger partial charge on any atom is 0.434 e. The Labute approximate surface area is 143 Å². The number of piperidine rings is 1. The van der Waals surface area contributed by atoms with Gasteiger partial charge in [-0.25, -0.2) is 14.7 Å². The zero-order chi connectivity index (χ0) is 17.1. The minimum absolute atomic E-state index is 0.0552. The fourth-order valence-corrected chi connectivity index (χ4v) is 3.57. The number of aromatic amines is 1. The van der Waals surface area contributed by atoms with E-state index in [2.05, 4.69) is 15.5 Å². The summed E-state index contributed by atoms with van der Waals surface area (Å²) < 4.78 is 5.04. The van der Waals surface area contributed by atoms with Gasteiger partial charge in [-0.1, -0.05) is 12.1 Å². The molecule has 24 heavy (non-hydrogen) atoms. The highest BCUT2D eigenvalue weighted by atomic mass is 32.2. The van der Waals surface area contributed by atoms with Crippen molar-refractivity contribution in [3.63, 3.8) is 0 Å². The maximum atomic E-state index is 12.7. The summed E-state index contributed by atoms with van der Waals surface area (Å²) in [7, 11) is 0. The molecule has 3 rings (SSSR count). The molecule has 7 nitrogen and oxygen atoms in total. The number of likely N-dealkylation sites (tertiary alicyclic amines) is 1. The molecule has 1 fully saturated rings. The van der Waals surface area contributed by atoms with Crippen molar-refractivity contribution >= 4 is 23.5 Å². The number of anilines is 1. The number of rotatable bonds is 3. The molecular formula is C16H20N4O3S. The van der Waals surface area contributed by atoms with E-state index < -0.39 is 5.76 Å². The zero-order valence-electron chi connectivity index (χ0n) is 13.7. The molecule has 0 saturated carbocycles. The standard InChI is InChI=1S/C16H20N4O3S/c1-10-5-3-7-12(24-2)13(10)17-15(21)20-8-4-6-11(9-20)14-18-19-16(22)23-14/h3,5,7,11H,4,6,8-9H2,1-2H3,(H,17,21)(H,19,22). The second-order valence-corrected chi connectivity index (χ2v) is 6.67. The summed E-state index contributed by atoms with van der Waals surface area (Å²) in [4.78, 5) is 26.6. The summed E-state index contributed by atoms with van der Waals surface area (Å²) in [6.45, 7) is 3.14. The lowest BCUT2D eigenvalue weighted by Crippen LogP contribution is -2.41. The lowest BCUT2D eigenvalue weighted by Gasteiger charge is -2.31. The summed E-state index contributed by atoms with van der Waals surface area (Å²) >= 11 is 1.60. The zero-order valence-corrected chi connectivity index (χ0v) is 14.5. The van der Waals surface area contributed by atoms with Crippen LogP contribution in [0.5, 0.6) is 0 Å². The number of nitrogens with one attached hydrogen (secondary N) is 2. The van der Waals surface area contributed by atoms with Crippen molar-refractivity contribution in [3.05, 3.63) is 40.2 Å². The second-order valence-electron chi connectivity index (χ2n) is 5.82. The Hall–Kier alpha value is -2.22. The average molecular weight is 348 g/mol. The van der Waals surface area contributed by atoms with Crippen LogP contribution in [0.1, 0.15) is 30.2 Å². The van der Waals surface area contributed by atoms with Crippen LogP contribution in [0.15, 0.2) is 32.3 Å². The van der Waals surface area contributed by atoms with Crippen molar-refractivity contribution in [3.8, 4) is 0 Å². The lowest BCUT2D eigenvalue weighted by atomic mass is 9.98. The number of para-hydroxylation sites is 1. The topological polar surface area (TPSA) is 91.2 Å². The van der Waals surface area contributed by atoms with Crippen LogP contribution >= 0.6 is 11.8 Å². The molecule has 0 spiro atoms. The summed E-state index contributed by atoms with van der Waals surface area (Å²) in [5.41, 5.74) is 1.88. The van der Waals surface area contributed by atoms with Gasteiger partial charge in [0.25, 0.3) is 0 Å². The monoisotopic (exact) mass is 348 g/mol. The average Bonchev–Trinajstić information content (AvgIpc) is 3.03. The Morgan fingerprint density at radius 1 is 1.50 bits per heavy atom. The van der Waals surface area contributed by atoms with Crippen molar-refractivity contribution < 1.29 is 9.21 Å². The molecule has 2 aromatic rings. The van der Waals surface area contributed by atoms with Crippen LogP contribution in [0.3, 0.4) is 0 Å². The number of hydrogen-bond acceptors (Lipinski definition) is 5. The predicted molar refractivity (Wildman–Crippen MR) is 92.7 cm³/mol. The molecular weight excluding hydrogens is 328 g/mol. The van der Waals surface area contributed by atoms with Crippen molar-refractivity contribution in [2.24, 2.45) is 0 Å². The molecule has 0 radical (unpaired) electrons. The van der Waals surface area contributed by atoms with Crippen molar-refractivity contribution in [1.29, 1.82) is 0 Å². The van der Waals surface area contributed by atoms with Gasteiger partial charge in [-0.15, -0.1) is 16.9 Å². The van der Waals surface area contributed by atoms with E-state index in [0.717, 1.165) is 29.0 Å². The highest BCUT2D eigenvalue weighted by molar-refractivity contribution is 7.98. The second kappa shape index (κ2) is 7.12. The maximum absolute atomic E-state index is 12.7. The van der Waals surface area contributed by atoms with E-state index in [0.29, 0.717) is 19.0 Å². The number of carbonyl (C=O) groups excluding carboxylic acids is 1. The Morgan fingerprint density at radius 2 is 2.33 bits per heavy atom. The summed E-state index contributed by atoms with van der Waals surface area (Å²) in [6.07, 6.45) is 3.68. The number of H-pyrrole nitrogens is 1. The molecule has 128 valence electrons. The van der Waals surface area contributed by atoms with E-state index in [9.17, 15) is 9.59 Å². The Bertz CT molecular complexity index is 786. The van der Waals surface area contributed by atoms with Gasteiger partial charge in [0, 0.05) is 18.0 Å². The molecule has 0 bridgehead atoms. The van der Waals surface area contributed by atoms with Crippen LogP contribution in [-0.4, -0.2) is 40.5 Å². The molecule has 0 aliphatic carbocycles. The number of benzene rings is 1. The van der Waals surface area contributed by atoms with Gasteiger partial charge in [-0.3, -0.25) is 0 Å². The van der Waals surface area contributed by atoms with E-state index in [4.69, 9.17) is 4.42 Å². The van der Waals surface area contributed by atoms with Gasteiger partial charge >= 0.3 is 11.8 Å². The first-order chi connectivity index (χ1) is 11.6. The highest BCUT2D eigenvalue weighted by Crippen LogP contribution is 2.30. The van der Waals surface area contributed by atoms with Crippen LogP contribution in [-0.2, 0) is 0 Å². The van der Waals surface area contributed by atoms with Gasteiger partial charge in [-0.05, 0) is 37.7 Å². The smallest absolute Gasteiger partial charge is 0.392 e. The molecule has 1 saturated heterocycles. The Kier molecular flexibility index (Phi) is 4.94. The summed E-state index contributed by atoms with van der Waals surface area (Å²) in [5, 5.41) is 9.19. The quantitative estimate of drug-likeness (QED) is 0.832. The molecule has 2 heterocycles. The molecule has 1 aromatic carbocycles. The Morgan fingerprint density at radius 3 is 3.04 bits per heavy atom. The van der Waals surface area contributed by atoms with E-state index in [1.165, 1.54) is 0 Å². The van der Waals surface area contributed by atoms with E-state index >= 15 is 0 Å². The highest BCUT2D eigenvalue weighted by Gasteiger charge is 2.28. The normalized spacial score (nSPS) is 17.8. The fraction of sp³-hybridized carbons (Fsp3) is 0.438. The number of aromatic nitrogens is 2. The third-order valence-corrected chi connectivity index (χ3v) is 4.98. The number of amides is 2. The van der Waals surface area contributed by atoms with Crippen molar-refractivity contribution in [2.75, 3.05) is 24.7 Å². The van der Waals surface area contributed by atoms with Crippen LogP contribution in [0.2, 0.25) is 0 Å². The minimum atomic E-state index is -0.559. The van der Waals surface area contributed by atoms with Crippen molar-refractivity contribution in [1.82, 2.24) is 15.1 Å². The first-order valence-electron chi connectivity index (χ1n) is 7.83. The first kappa shape index (κ1) is 16.6. The van der Waals surface area contributed by atoms with Gasteiger partial charge in [0.1, 0.15) is 0 Å². The van der Waals surface area contributed by atoms with E-state index in [-0.39, 0.29) is 11.9 Å². The molecule has 1 atom stereocenters. The van der Waals surface area contributed by atoms with Gasteiger partial charge in [0.2, 0.25) is 5.89 Å². The largest absolute Gasteiger partial charge is 0.434 e. The number of urea groups is 1. The van der Waals surface area contributed by atoms with E-state index in [1.54, 1.807) is 16.7 Å². The summed E-state index contributed by atoms with van der Waals surface area (Å²) in [5.74, 6) is -0.241. The molecule has 1 aliphatic heterocycles. The first-order valence-corrected chi connectivity index (χ1v) is 9.06. The summed E-state index contributed by atoms with van der Waals surface area (Å²) in [6, 6.07) is 5.81. The third-order valence-electron chi connectivity index (χ3n) is 4.20. The minimum Gasteiger partial charge on any atom is -0.392 e. The van der Waals surface area contributed by atoms with Crippen LogP contribution in [0.4, 0.5) is 10.5 Å². The van der Waals surface area contributed by atoms with Crippen LogP contribution < -0.4 is 11.1 Å². The Balaban J connectivity index is 1.72. The molecule has 1 aliphatic rings. The van der Waals surface area contributed by atoms with Gasteiger partial charge in [0.15, 0.2) is 0 Å². The third kappa shape index (κ3) is 3.48. The number of carbonyl (C=O) groups is 1. The number of nitrogens with zero attached hydrogens (tertiary/aromatic N) is 2. The SMILES string of the molecule is CSc1cccc(C)c1NC(=O)N1CCCC(c2n[nH]c(=O)o2)C1. The molecule has 1 aromatic heterocycles. The number of thioether (sulfide) groups is 1. The predicted octanol–water partition coefficient (Wildman–Crippen LogP) is 2.80. The number of aryl methyl sites for hydroxylation is 1. The van der Waals surface area contributed by atoms with Crippen molar-refractivity contribution in [2.45, 2.75) is 30.6 Å². The number of hydrogen-bond donors (Lipinski definition) is 2. The van der Waals surface area contributed by atoms with Gasteiger partial charge < -0.3 is 14.6 Å².